The number of halogens is 1. The number of anilines is 2. The van der Waals surface area contributed by atoms with Gasteiger partial charge in [-0.1, -0.05) is 18.2 Å². The van der Waals surface area contributed by atoms with Crippen LogP contribution in [0.25, 0.3) is 11.0 Å². The van der Waals surface area contributed by atoms with Crippen molar-refractivity contribution in [2.75, 3.05) is 11.9 Å². The summed E-state index contributed by atoms with van der Waals surface area (Å²) in [5.74, 6) is 0.734. The van der Waals surface area contributed by atoms with Gasteiger partial charge in [-0.2, -0.15) is 15.1 Å². The third-order valence-corrected chi connectivity index (χ3v) is 3.23. The van der Waals surface area contributed by atoms with Gasteiger partial charge in [0.05, 0.1) is 11.6 Å². The molecule has 2 aromatic heterocycles. The lowest BCUT2D eigenvalue weighted by molar-refractivity contribution is 1.07. The molecule has 0 fully saturated rings. The number of aryl methyl sites for hydroxylation is 1. The van der Waals surface area contributed by atoms with E-state index in [9.17, 15) is 0 Å². The number of H-pyrrole nitrogens is 1. The molecule has 2 heterocycles. The fraction of sp³-hybridized carbons (Fsp3) is 0.154. The van der Waals surface area contributed by atoms with E-state index in [4.69, 9.17) is 11.6 Å². The van der Waals surface area contributed by atoms with Gasteiger partial charge < -0.3 is 4.90 Å². The maximum absolute atomic E-state index is 5.96. The molecule has 0 atom stereocenters. The highest BCUT2D eigenvalue weighted by atomic mass is 35.5. The van der Waals surface area contributed by atoms with Crippen LogP contribution < -0.4 is 4.90 Å². The van der Waals surface area contributed by atoms with Crippen molar-refractivity contribution < 1.29 is 0 Å². The largest absolute Gasteiger partial charge is 0.328 e. The van der Waals surface area contributed by atoms with Crippen LogP contribution in [0.3, 0.4) is 0 Å². The number of nitrogens with zero attached hydrogens (tertiary/aromatic N) is 4. The third kappa shape index (κ3) is 2.02. The highest BCUT2D eigenvalue weighted by Crippen LogP contribution is 2.30. The van der Waals surface area contributed by atoms with Crippen LogP contribution in [0.1, 0.15) is 5.56 Å². The molecule has 0 aliphatic rings. The second kappa shape index (κ2) is 4.51. The standard InChI is InChI=1S/C13H12ClN5/c1-8-5-3-4-6-10(8)19(2)12-9-7-15-18-11(9)16-13(14)17-12/h3-7H,1-2H3,(H,15,16,17,18). The normalized spacial score (nSPS) is 10.9. The summed E-state index contributed by atoms with van der Waals surface area (Å²) in [7, 11) is 1.95. The van der Waals surface area contributed by atoms with Crippen LogP contribution in [-0.4, -0.2) is 27.2 Å². The number of rotatable bonds is 2. The van der Waals surface area contributed by atoms with Crippen molar-refractivity contribution >= 4 is 34.1 Å². The number of hydrogen-bond donors (Lipinski definition) is 1. The summed E-state index contributed by atoms with van der Waals surface area (Å²) in [5, 5.41) is 7.84. The number of aromatic amines is 1. The molecule has 0 radical (unpaired) electrons. The third-order valence-electron chi connectivity index (χ3n) is 3.06. The van der Waals surface area contributed by atoms with Crippen molar-refractivity contribution in [3.63, 3.8) is 0 Å². The quantitative estimate of drug-likeness (QED) is 0.729. The van der Waals surface area contributed by atoms with Crippen LogP contribution >= 0.6 is 11.6 Å². The van der Waals surface area contributed by atoms with E-state index < -0.39 is 0 Å². The second-order valence-corrected chi connectivity index (χ2v) is 4.63. The van der Waals surface area contributed by atoms with Crippen LogP contribution in [0.5, 0.6) is 0 Å². The van der Waals surface area contributed by atoms with E-state index in [0.29, 0.717) is 5.65 Å². The average molecular weight is 274 g/mol. The fourth-order valence-corrected chi connectivity index (χ4v) is 2.27. The molecule has 0 aliphatic heterocycles. The van der Waals surface area contributed by atoms with Gasteiger partial charge in [0, 0.05) is 12.7 Å². The van der Waals surface area contributed by atoms with Gasteiger partial charge in [0.15, 0.2) is 5.65 Å². The zero-order valence-electron chi connectivity index (χ0n) is 10.6. The Hall–Kier alpha value is -2.14. The van der Waals surface area contributed by atoms with Crippen molar-refractivity contribution in [2.45, 2.75) is 6.92 Å². The minimum atomic E-state index is 0.201. The molecule has 0 saturated heterocycles. The summed E-state index contributed by atoms with van der Waals surface area (Å²) in [5.41, 5.74) is 2.87. The molecule has 1 aromatic carbocycles. The fourth-order valence-electron chi connectivity index (χ4n) is 2.10. The molecule has 0 amide bonds. The zero-order valence-corrected chi connectivity index (χ0v) is 11.3. The van der Waals surface area contributed by atoms with E-state index in [-0.39, 0.29) is 5.28 Å². The molecular formula is C13H12ClN5. The Morgan fingerprint density at radius 1 is 1.21 bits per heavy atom. The first-order chi connectivity index (χ1) is 9.16. The van der Waals surface area contributed by atoms with E-state index in [2.05, 4.69) is 33.2 Å². The first-order valence-corrected chi connectivity index (χ1v) is 6.20. The van der Waals surface area contributed by atoms with Gasteiger partial charge >= 0.3 is 0 Å². The highest BCUT2D eigenvalue weighted by molar-refractivity contribution is 6.28. The van der Waals surface area contributed by atoms with Gasteiger partial charge in [0.2, 0.25) is 5.28 Å². The van der Waals surface area contributed by atoms with Crippen LogP contribution in [-0.2, 0) is 0 Å². The number of nitrogens with one attached hydrogen (secondary N) is 1. The van der Waals surface area contributed by atoms with Gasteiger partial charge in [0.1, 0.15) is 5.82 Å². The van der Waals surface area contributed by atoms with Gasteiger partial charge in [0.25, 0.3) is 0 Å². The van der Waals surface area contributed by atoms with Crippen molar-refractivity contribution in [2.24, 2.45) is 0 Å². The number of fused-ring (bicyclic) bond motifs is 1. The smallest absolute Gasteiger partial charge is 0.226 e. The Balaban J connectivity index is 2.19. The lowest BCUT2D eigenvalue weighted by Crippen LogP contribution is -2.13. The number of hydrogen-bond acceptors (Lipinski definition) is 4. The molecule has 3 aromatic rings. The minimum Gasteiger partial charge on any atom is -0.328 e. The predicted octanol–water partition coefficient (Wildman–Crippen LogP) is 3.08. The minimum absolute atomic E-state index is 0.201. The molecule has 96 valence electrons. The maximum Gasteiger partial charge on any atom is 0.226 e. The molecule has 0 spiro atoms. The van der Waals surface area contributed by atoms with E-state index in [1.165, 1.54) is 0 Å². The highest BCUT2D eigenvalue weighted by Gasteiger charge is 2.14. The molecule has 0 bridgehead atoms. The Kier molecular flexibility index (Phi) is 2.83. The monoisotopic (exact) mass is 273 g/mol. The Morgan fingerprint density at radius 3 is 2.79 bits per heavy atom. The summed E-state index contributed by atoms with van der Waals surface area (Å²) in [6.07, 6.45) is 1.70. The SMILES string of the molecule is Cc1ccccc1N(C)c1nc(Cl)nc2[nH]ncc12. The van der Waals surface area contributed by atoms with Gasteiger partial charge in [-0.25, -0.2) is 0 Å². The first-order valence-electron chi connectivity index (χ1n) is 5.83. The Morgan fingerprint density at radius 2 is 2.00 bits per heavy atom. The van der Waals surface area contributed by atoms with Crippen molar-refractivity contribution in [1.29, 1.82) is 0 Å². The Labute approximate surface area is 115 Å². The molecule has 0 aliphatic carbocycles. The van der Waals surface area contributed by atoms with Crippen molar-refractivity contribution in [1.82, 2.24) is 20.2 Å². The number of para-hydroxylation sites is 1. The molecule has 19 heavy (non-hydrogen) atoms. The van der Waals surface area contributed by atoms with E-state index in [1.54, 1.807) is 6.20 Å². The summed E-state index contributed by atoms with van der Waals surface area (Å²) in [6, 6.07) is 8.10. The van der Waals surface area contributed by atoms with Crippen LogP contribution in [0, 0.1) is 6.92 Å². The van der Waals surface area contributed by atoms with E-state index in [0.717, 1.165) is 22.5 Å². The van der Waals surface area contributed by atoms with Crippen LogP contribution in [0.4, 0.5) is 11.5 Å². The maximum atomic E-state index is 5.96. The molecular weight excluding hydrogens is 262 g/mol. The van der Waals surface area contributed by atoms with E-state index in [1.807, 2.05) is 30.1 Å². The topological polar surface area (TPSA) is 57.7 Å². The van der Waals surface area contributed by atoms with Crippen LogP contribution in [0.15, 0.2) is 30.5 Å². The van der Waals surface area contributed by atoms with Gasteiger partial charge in [-0.15, -0.1) is 0 Å². The lowest BCUT2D eigenvalue weighted by atomic mass is 10.2. The predicted molar refractivity (Wildman–Crippen MR) is 75.9 cm³/mol. The van der Waals surface area contributed by atoms with Crippen molar-refractivity contribution in [3.05, 3.63) is 41.3 Å². The molecule has 0 unspecified atom stereocenters. The first kappa shape index (κ1) is 11.9. The number of benzene rings is 1. The summed E-state index contributed by atoms with van der Waals surface area (Å²) in [4.78, 5) is 10.4. The van der Waals surface area contributed by atoms with Crippen molar-refractivity contribution in [3.8, 4) is 0 Å². The zero-order chi connectivity index (χ0) is 13.4. The van der Waals surface area contributed by atoms with E-state index >= 15 is 0 Å². The Bertz CT molecular complexity index is 737. The number of aromatic nitrogens is 4. The summed E-state index contributed by atoms with van der Waals surface area (Å²) < 4.78 is 0. The molecule has 0 saturated carbocycles. The molecule has 6 heteroatoms. The molecule has 3 rings (SSSR count). The molecule has 1 N–H and O–H groups in total. The molecule has 5 nitrogen and oxygen atoms in total. The summed E-state index contributed by atoms with van der Waals surface area (Å²) >= 11 is 5.96. The van der Waals surface area contributed by atoms with Gasteiger partial charge in [-0.3, -0.25) is 5.10 Å². The lowest BCUT2D eigenvalue weighted by Gasteiger charge is -2.20. The summed E-state index contributed by atoms with van der Waals surface area (Å²) in [6.45, 7) is 2.06. The van der Waals surface area contributed by atoms with Crippen LogP contribution in [0.2, 0.25) is 5.28 Å². The van der Waals surface area contributed by atoms with Gasteiger partial charge in [-0.05, 0) is 30.2 Å². The average Bonchev–Trinajstić information content (AvgIpc) is 2.85. The second-order valence-electron chi connectivity index (χ2n) is 4.29.